The molecule has 3 N–H and O–H groups in total. The van der Waals surface area contributed by atoms with Crippen molar-refractivity contribution in [3.05, 3.63) is 124 Å². The summed E-state index contributed by atoms with van der Waals surface area (Å²) in [5.74, 6) is -0.595. The number of benzene rings is 3. The summed E-state index contributed by atoms with van der Waals surface area (Å²) in [4.78, 5) is 32.4. The standard InChI is InChI=1S/C37H45N3O4S/c1-4-14-31-24-38-36(45-31)30(21-27-15-8-5-9-16-27)23-33(41)32(22-28-17-10-6-11-18-28)39-35(42)34(26(2)3)40-37(43)44-25-29-19-12-7-13-20-29/h5-13,15-20,24,26,30,32-34,41H,4,14,21-23,25H2,1-3H3,(H,39,42)(H,40,43)/t30?,32-,33-,34-/m0/s1. The molecule has 3 aromatic carbocycles. The van der Waals surface area contributed by atoms with Gasteiger partial charge in [-0.15, -0.1) is 11.3 Å². The summed E-state index contributed by atoms with van der Waals surface area (Å²) in [5, 5.41) is 18.6. The minimum absolute atomic E-state index is 0.0276. The molecule has 0 aliphatic rings. The van der Waals surface area contributed by atoms with Gasteiger partial charge in [-0.3, -0.25) is 4.79 Å². The van der Waals surface area contributed by atoms with Gasteiger partial charge in [0.15, 0.2) is 0 Å². The number of nitrogens with zero attached hydrogens (tertiary/aromatic N) is 1. The van der Waals surface area contributed by atoms with Gasteiger partial charge in [0.1, 0.15) is 12.6 Å². The number of hydrogen-bond donors (Lipinski definition) is 3. The predicted molar refractivity (Wildman–Crippen MR) is 180 cm³/mol. The lowest BCUT2D eigenvalue weighted by molar-refractivity contribution is -0.125. The van der Waals surface area contributed by atoms with Gasteiger partial charge in [0, 0.05) is 17.0 Å². The van der Waals surface area contributed by atoms with Crippen LogP contribution in [0.4, 0.5) is 4.79 Å². The van der Waals surface area contributed by atoms with E-state index >= 15 is 0 Å². The van der Waals surface area contributed by atoms with Crippen molar-refractivity contribution in [2.45, 2.75) is 83.6 Å². The van der Waals surface area contributed by atoms with Crippen LogP contribution in [0.3, 0.4) is 0 Å². The third-order valence-corrected chi connectivity index (χ3v) is 9.01. The monoisotopic (exact) mass is 627 g/mol. The Balaban J connectivity index is 1.51. The Kier molecular flexibility index (Phi) is 13.2. The lowest BCUT2D eigenvalue weighted by atomic mass is 9.89. The number of rotatable bonds is 16. The highest BCUT2D eigenvalue weighted by Crippen LogP contribution is 2.31. The molecule has 8 heteroatoms. The van der Waals surface area contributed by atoms with Gasteiger partial charge in [0.2, 0.25) is 5.91 Å². The van der Waals surface area contributed by atoms with E-state index in [2.05, 4.69) is 29.7 Å². The zero-order valence-electron chi connectivity index (χ0n) is 26.4. The second kappa shape index (κ2) is 17.5. The number of hydrogen-bond acceptors (Lipinski definition) is 6. The van der Waals surface area contributed by atoms with Crippen molar-refractivity contribution in [2.24, 2.45) is 5.92 Å². The normalized spacial score (nSPS) is 13.9. The second-order valence-electron chi connectivity index (χ2n) is 11.8. The molecule has 45 heavy (non-hydrogen) atoms. The molecule has 2 amide bonds. The zero-order chi connectivity index (χ0) is 32.0. The molecular weight excluding hydrogens is 582 g/mol. The number of carbonyl (C=O) groups is 2. The summed E-state index contributed by atoms with van der Waals surface area (Å²) < 4.78 is 5.40. The fraction of sp³-hybridized carbons (Fsp3) is 0.378. The third kappa shape index (κ3) is 10.8. The van der Waals surface area contributed by atoms with E-state index in [1.165, 1.54) is 10.4 Å². The van der Waals surface area contributed by atoms with Crippen LogP contribution in [0.5, 0.6) is 0 Å². The van der Waals surface area contributed by atoms with Crippen molar-refractivity contribution in [3.63, 3.8) is 0 Å². The van der Waals surface area contributed by atoms with Gasteiger partial charge in [0.25, 0.3) is 0 Å². The molecule has 1 aromatic heterocycles. The molecule has 0 saturated heterocycles. The number of thiazole rings is 1. The van der Waals surface area contributed by atoms with Crippen LogP contribution < -0.4 is 10.6 Å². The molecule has 0 bridgehead atoms. The fourth-order valence-corrected chi connectivity index (χ4v) is 6.48. The van der Waals surface area contributed by atoms with Crippen LogP contribution in [0.2, 0.25) is 0 Å². The summed E-state index contributed by atoms with van der Waals surface area (Å²) >= 11 is 1.70. The highest BCUT2D eigenvalue weighted by Gasteiger charge is 2.31. The second-order valence-corrected chi connectivity index (χ2v) is 13.0. The molecule has 4 aromatic rings. The first-order valence-corrected chi connectivity index (χ1v) is 16.6. The SMILES string of the molecule is CCCc1cnc(C(Cc2ccccc2)C[C@H](O)[C@H](Cc2ccccc2)NC(=O)[C@@H](NC(=O)OCc2ccccc2)C(C)C)s1. The van der Waals surface area contributed by atoms with Gasteiger partial charge in [-0.05, 0) is 48.3 Å². The van der Waals surface area contributed by atoms with Gasteiger partial charge < -0.3 is 20.5 Å². The highest BCUT2D eigenvalue weighted by atomic mass is 32.1. The van der Waals surface area contributed by atoms with E-state index in [0.29, 0.717) is 12.8 Å². The maximum absolute atomic E-state index is 13.7. The van der Waals surface area contributed by atoms with Crippen LogP contribution in [-0.4, -0.2) is 40.3 Å². The number of aromatic nitrogens is 1. The van der Waals surface area contributed by atoms with Crippen LogP contribution in [0.25, 0.3) is 0 Å². The van der Waals surface area contributed by atoms with Crippen LogP contribution in [-0.2, 0) is 35.4 Å². The van der Waals surface area contributed by atoms with E-state index in [-0.39, 0.29) is 24.3 Å². The molecule has 4 atom stereocenters. The Morgan fingerprint density at radius 2 is 1.42 bits per heavy atom. The largest absolute Gasteiger partial charge is 0.445 e. The molecular formula is C37H45N3O4S. The van der Waals surface area contributed by atoms with E-state index in [0.717, 1.165) is 35.4 Å². The Morgan fingerprint density at radius 3 is 2.00 bits per heavy atom. The summed E-state index contributed by atoms with van der Waals surface area (Å²) in [6.07, 6.45) is 4.03. The number of aliphatic hydroxyl groups is 1. The van der Waals surface area contributed by atoms with Crippen LogP contribution in [0.15, 0.2) is 97.2 Å². The van der Waals surface area contributed by atoms with Crippen LogP contribution in [0, 0.1) is 5.92 Å². The van der Waals surface area contributed by atoms with E-state index in [1.807, 2.05) is 98.9 Å². The topological polar surface area (TPSA) is 101 Å². The quantitative estimate of drug-likeness (QED) is 0.126. The highest BCUT2D eigenvalue weighted by molar-refractivity contribution is 7.11. The molecule has 238 valence electrons. The lowest BCUT2D eigenvalue weighted by Gasteiger charge is -2.30. The van der Waals surface area contributed by atoms with Crippen molar-refractivity contribution < 1.29 is 19.4 Å². The Morgan fingerprint density at radius 1 is 0.844 bits per heavy atom. The van der Waals surface area contributed by atoms with Crippen LogP contribution in [0.1, 0.15) is 66.1 Å². The van der Waals surface area contributed by atoms with Crippen molar-refractivity contribution in [2.75, 3.05) is 0 Å². The average molecular weight is 628 g/mol. The van der Waals surface area contributed by atoms with Crippen LogP contribution >= 0.6 is 11.3 Å². The van der Waals surface area contributed by atoms with Crippen molar-refractivity contribution in [1.29, 1.82) is 0 Å². The first-order valence-electron chi connectivity index (χ1n) is 15.8. The summed E-state index contributed by atoms with van der Waals surface area (Å²) in [5.41, 5.74) is 3.03. The first-order chi connectivity index (χ1) is 21.8. The number of aryl methyl sites for hydroxylation is 1. The van der Waals surface area contributed by atoms with Crippen molar-refractivity contribution in [3.8, 4) is 0 Å². The molecule has 0 aliphatic heterocycles. The minimum atomic E-state index is -0.862. The number of carbonyl (C=O) groups excluding carboxylic acids is 2. The average Bonchev–Trinajstić information content (AvgIpc) is 3.52. The summed E-state index contributed by atoms with van der Waals surface area (Å²) in [6.45, 7) is 6.00. The number of aliphatic hydroxyl groups excluding tert-OH is 1. The van der Waals surface area contributed by atoms with E-state index in [1.54, 1.807) is 11.3 Å². The maximum Gasteiger partial charge on any atom is 0.408 e. The fourth-order valence-electron chi connectivity index (χ4n) is 5.35. The molecule has 0 spiro atoms. The molecule has 0 radical (unpaired) electrons. The van der Waals surface area contributed by atoms with Crippen molar-refractivity contribution in [1.82, 2.24) is 15.6 Å². The summed E-state index contributed by atoms with van der Waals surface area (Å²) in [7, 11) is 0. The van der Waals surface area contributed by atoms with E-state index < -0.39 is 24.3 Å². The molecule has 0 fully saturated rings. The predicted octanol–water partition coefficient (Wildman–Crippen LogP) is 6.85. The lowest BCUT2D eigenvalue weighted by Crippen LogP contribution is -2.55. The molecule has 1 unspecified atom stereocenters. The molecule has 1 heterocycles. The molecule has 0 aliphatic carbocycles. The number of amides is 2. The minimum Gasteiger partial charge on any atom is -0.445 e. The Bertz CT molecular complexity index is 1450. The van der Waals surface area contributed by atoms with Gasteiger partial charge in [-0.2, -0.15) is 0 Å². The third-order valence-electron chi connectivity index (χ3n) is 7.79. The van der Waals surface area contributed by atoms with E-state index in [9.17, 15) is 14.7 Å². The Hall–Kier alpha value is -4.01. The Labute approximate surface area is 271 Å². The zero-order valence-corrected chi connectivity index (χ0v) is 27.2. The van der Waals surface area contributed by atoms with Gasteiger partial charge in [0.05, 0.1) is 17.2 Å². The van der Waals surface area contributed by atoms with Gasteiger partial charge in [-0.25, -0.2) is 9.78 Å². The summed E-state index contributed by atoms with van der Waals surface area (Å²) in [6, 6.07) is 28.0. The maximum atomic E-state index is 13.7. The number of nitrogens with one attached hydrogen (secondary N) is 2. The molecule has 7 nitrogen and oxygen atoms in total. The van der Waals surface area contributed by atoms with Gasteiger partial charge >= 0.3 is 6.09 Å². The van der Waals surface area contributed by atoms with E-state index in [4.69, 9.17) is 9.72 Å². The van der Waals surface area contributed by atoms with Gasteiger partial charge in [-0.1, -0.05) is 118 Å². The smallest absolute Gasteiger partial charge is 0.408 e. The molecule has 0 saturated carbocycles. The molecule has 4 rings (SSSR count). The van der Waals surface area contributed by atoms with Crippen molar-refractivity contribution >= 4 is 23.3 Å². The first kappa shape index (κ1) is 33.9. The number of ether oxygens (including phenoxy) is 1. The number of alkyl carbamates (subject to hydrolysis) is 1.